The van der Waals surface area contributed by atoms with Crippen molar-refractivity contribution >= 4 is 29.3 Å². The first-order valence-electron chi connectivity index (χ1n) is 11.7. The molecule has 0 saturated carbocycles. The second kappa shape index (κ2) is 10.4. The summed E-state index contributed by atoms with van der Waals surface area (Å²) in [5, 5.41) is 5.70. The van der Waals surface area contributed by atoms with Gasteiger partial charge in [0, 0.05) is 6.04 Å². The fourth-order valence-corrected chi connectivity index (χ4v) is 3.98. The molecular weight excluding hydrogens is 458 g/mol. The molecule has 1 atom stereocenters. The van der Waals surface area contributed by atoms with Gasteiger partial charge in [-0.15, -0.1) is 0 Å². The Kier molecular flexibility index (Phi) is 7.15. The average molecular weight is 486 g/mol. The van der Waals surface area contributed by atoms with Gasteiger partial charge in [0.25, 0.3) is 23.6 Å². The maximum atomic E-state index is 13.3. The van der Waals surface area contributed by atoms with E-state index >= 15 is 0 Å². The van der Waals surface area contributed by atoms with Crippen molar-refractivity contribution in [1.29, 1.82) is 0 Å². The van der Waals surface area contributed by atoms with Crippen LogP contribution in [0, 0.1) is 0 Å². The molecule has 0 aromatic heterocycles. The number of nitrogens with one attached hydrogen (secondary N) is 2. The molecule has 1 aliphatic rings. The normalized spacial score (nSPS) is 13.2. The van der Waals surface area contributed by atoms with E-state index in [1.807, 2.05) is 13.8 Å². The number of ether oxygens (including phenoxy) is 1. The van der Waals surface area contributed by atoms with Crippen LogP contribution < -0.4 is 15.4 Å². The molecule has 184 valence electrons. The lowest BCUT2D eigenvalue weighted by Gasteiger charge is -2.17. The fraction of sp³-hybridized carbons (Fsp3) is 0.214. The Morgan fingerprint density at radius 1 is 0.889 bits per heavy atom. The monoisotopic (exact) mass is 485 g/mol. The summed E-state index contributed by atoms with van der Waals surface area (Å²) in [6.45, 7) is 3.88. The van der Waals surface area contributed by atoms with Gasteiger partial charge in [0.15, 0.2) is 0 Å². The Labute approximate surface area is 209 Å². The Morgan fingerprint density at radius 3 is 2.17 bits per heavy atom. The zero-order chi connectivity index (χ0) is 25.8. The summed E-state index contributed by atoms with van der Waals surface area (Å²) < 4.78 is 5.38. The van der Waals surface area contributed by atoms with Gasteiger partial charge < -0.3 is 15.4 Å². The molecule has 1 unspecified atom stereocenters. The van der Waals surface area contributed by atoms with Gasteiger partial charge >= 0.3 is 0 Å². The summed E-state index contributed by atoms with van der Waals surface area (Å²) in [5.41, 5.74) is 2.22. The zero-order valence-corrected chi connectivity index (χ0v) is 20.3. The van der Waals surface area contributed by atoms with Crippen molar-refractivity contribution in [3.05, 3.63) is 94.5 Å². The van der Waals surface area contributed by atoms with Crippen molar-refractivity contribution in [1.82, 2.24) is 10.2 Å². The molecule has 1 aliphatic heterocycles. The van der Waals surface area contributed by atoms with Crippen LogP contribution in [0.15, 0.2) is 66.7 Å². The van der Waals surface area contributed by atoms with E-state index in [1.54, 1.807) is 66.7 Å². The van der Waals surface area contributed by atoms with Crippen LogP contribution in [0.4, 0.5) is 5.69 Å². The van der Waals surface area contributed by atoms with Gasteiger partial charge in [-0.1, -0.05) is 37.3 Å². The van der Waals surface area contributed by atoms with Crippen LogP contribution in [0.5, 0.6) is 5.75 Å². The van der Waals surface area contributed by atoms with Crippen molar-refractivity contribution in [2.75, 3.05) is 12.4 Å². The Balaban J connectivity index is 1.58. The number of amides is 4. The van der Waals surface area contributed by atoms with Crippen molar-refractivity contribution in [2.45, 2.75) is 32.9 Å². The Hall–Kier alpha value is -4.46. The van der Waals surface area contributed by atoms with Crippen LogP contribution >= 0.6 is 0 Å². The first-order valence-corrected chi connectivity index (χ1v) is 11.7. The van der Waals surface area contributed by atoms with Crippen molar-refractivity contribution in [2.24, 2.45) is 0 Å². The molecule has 2 N–H and O–H groups in total. The summed E-state index contributed by atoms with van der Waals surface area (Å²) in [6, 6.07) is 18.3. The summed E-state index contributed by atoms with van der Waals surface area (Å²) in [7, 11) is 1.45. The third kappa shape index (κ3) is 4.84. The quantitative estimate of drug-likeness (QED) is 0.464. The van der Waals surface area contributed by atoms with Crippen molar-refractivity contribution in [3.8, 4) is 5.75 Å². The largest absolute Gasteiger partial charge is 0.496 e. The third-order valence-electron chi connectivity index (χ3n) is 6.14. The first-order chi connectivity index (χ1) is 17.3. The van der Waals surface area contributed by atoms with Crippen LogP contribution in [0.25, 0.3) is 0 Å². The lowest BCUT2D eigenvalue weighted by Crippen LogP contribution is -2.32. The van der Waals surface area contributed by atoms with Gasteiger partial charge in [0.05, 0.1) is 41.6 Å². The number of carbonyl (C=O) groups is 4. The van der Waals surface area contributed by atoms with E-state index in [0.717, 1.165) is 11.3 Å². The number of para-hydroxylation sites is 1. The van der Waals surface area contributed by atoms with Gasteiger partial charge in [-0.2, -0.15) is 0 Å². The number of fused-ring (bicyclic) bond motifs is 1. The van der Waals surface area contributed by atoms with Crippen molar-refractivity contribution < 1.29 is 23.9 Å². The van der Waals surface area contributed by atoms with Crippen LogP contribution in [0.2, 0.25) is 0 Å². The Morgan fingerprint density at radius 2 is 1.53 bits per heavy atom. The predicted molar refractivity (Wildman–Crippen MR) is 135 cm³/mol. The number of benzene rings is 3. The van der Waals surface area contributed by atoms with Gasteiger partial charge in [-0.25, -0.2) is 0 Å². The van der Waals surface area contributed by atoms with Crippen LogP contribution in [-0.4, -0.2) is 41.7 Å². The van der Waals surface area contributed by atoms with E-state index in [2.05, 4.69) is 10.6 Å². The highest BCUT2D eigenvalue weighted by atomic mass is 16.5. The zero-order valence-electron chi connectivity index (χ0n) is 20.3. The van der Waals surface area contributed by atoms with Gasteiger partial charge in [0.2, 0.25) is 0 Å². The van der Waals surface area contributed by atoms with Gasteiger partial charge in [-0.3, -0.25) is 24.1 Å². The number of hydrogen-bond acceptors (Lipinski definition) is 5. The fourth-order valence-electron chi connectivity index (χ4n) is 3.98. The minimum atomic E-state index is -0.486. The first kappa shape index (κ1) is 24.7. The number of imide groups is 1. The highest BCUT2D eigenvalue weighted by Gasteiger charge is 2.35. The predicted octanol–water partition coefficient (Wildman–Crippen LogP) is 4.27. The standard InChI is InChI=1S/C28H27N3O5/c1-4-17(2)29-25(32)21-11-7-8-12-23(21)30-26(33)22-15-18(13-14-24(22)36-3)16-31-27(34)19-9-5-6-10-20(19)28(31)35/h5-15,17H,4,16H2,1-3H3,(H,29,32)(H,30,33). The summed E-state index contributed by atoms with van der Waals surface area (Å²) in [6.07, 6.45) is 0.775. The molecule has 3 aromatic carbocycles. The molecule has 0 spiro atoms. The lowest BCUT2D eigenvalue weighted by molar-refractivity contribution is 0.0641. The minimum Gasteiger partial charge on any atom is -0.496 e. The number of nitrogens with zero attached hydrogens (tertiary/aromatic N) is 1. The molecule has 0 saturated heterocycles. The molecule has 3 aromatic rings. The number of rotatable bonds is 8. The topological polar surface area (TPSA) is 105 Å². The summed E-state index contributed by atoms with van der Waals surface area (Å²) in [4.78, 5) is 52.7. The molecule has 4 amide bonds. The second-order valence-electron chi connectivity index (χ2n) is 8.56. The highest BCUT2D eigenvalue weighted by Crippen LogP contribution is 2.27. The molecule has 1 heterocycles. The Bertz CT molecular complexity index is 1320. The SMILES string of the molecule is CCC(C)NC(=O)c1ccccc1NC(=O)c1cc(CN2C(=O)c3ccccc3C2=O)ccc1OC. The van der Waals surface area contributed by atoms with E-state index in [1.165, 1.54) is 7.11 Å². The molecule has 0 fully saturated rings. The molecule has 8 heteroatoms. The van der Waals surface area contributed by atoms with E-state index in [0.29, 0.717) is 33.7 Å². The molecular formula is C28H27N3O5. The van der Waals surface area contributed by atoms with Crippen LogP contribution in [-0.2, 0) is 6.54 Å². The third-order valence-corrected chi connectivity index (χ3v) is 6.14. The average Bonchev–Trinajstić information content (AvgIpc) is 3.13. The molecule has 0 aliphatic carbocycles. The number of carbonyl (C=O) groups excluding carboxylic acids is 4. The minimum absolute atomic E-state index is 0.00448. The molecule has 4 rings (SSSR count). The van der Waals surface area contributed by atoms with E-state index in [4.69, 9.17) is 4.74 Å². The molecule has 36 heavy (non-hydrogen) atoms. The molecule has 0 bridgehead atoms. The number of hydrogen-bond donors (Lipinski definition) is 2. The van der Waals surface area contributed by atoms with E-state index in [-0.39, 0.29) is 35.9 Å². The van der Waals surface area contributed by atoms with E-state index in [9.17, 15) is 19.2 Å². The molecule has 0 radical (unpaired) electrons. The maximum absolute atomic E-state index is 13.3. The van der Waals surface area contributed by atoms with Crippen LogP contribution in [0.3, 0.4) is 0 Å². The van der Waals surface area contributed by atoms with Gasteiger partial charge in [0.1, 0.15) is 5.75 Å². The summed E-state index contributed by atoms with van der Waals surface area (Å²) >= 11 is 0. The highest BCUT2D eigenvalue weighted by molar-refractivity contribution is 6.21. The smallest absolute Gasteiger partial charge is 0.261 e. The van der Waals surface area contributed by atoms with Crippen LogP contribution in [0.1, 0.15) is 67.3 Å². The summed E-state index contributed by atoms with van der Waals surface area (Å²) in [5.74, 6) is -1.20. The number of methoxy groups -OCH3 is 1. The molecule has 8 nitrogen and oxygen atoms in total. The van der Waals surface area contributed by atoms with Crippen molar-refractivity contribution in [3.63, 3.8) is 0 Å². The van der Waals surface area contributed by atoms with Gasteiger partial charge in [-0.05, 0) is 55.3 Å². The van der Waals surface area contributed by atoms with E-state index < -0.39 is 5.91 Å². The lowest BCUT2D eigenvalue weighted by atomic mass is 10.1. The number of anilines is 1. The maximum Gasteiger partial charge on any atom is 0.261 e. The second-order valence-corrected chi connectivity index (χ2v) is 8.56.